The van der Waals surface area contributed by atoms with Crippen molar-refractivity contribution >= 4 is 66.5 Å². The summed E-state index contributed by atoms with van der Waals surface area (Å²) in [7, 11) is 5.93. The zero-order chi connectivity index (χ0) is 82.4. The van der Waals surface area contributed by atoms with Crippen molar-refractivity contribution in [3.8, 4) is 0 Å². The van der Waals surface area contributed by atoms with Gasteiger partial charge in [-0.3, -0.25) is 15.0 Å². The van der Waals surface area contributed by atoms with Crippen LogP contribution in [0.3, 0.4) is 0 Å². The average molecular weight is 2320 g/mol. The molecule has 12 aliphatic carbocycles. The molecule has 120 heavy (non-hydrogen) atoms. The minimum absolute atomic E-state index is 0. The van der Waals surface area contributed by atoms with Gasteiger partial charge in [0.1, 0.15) is 0 Å². The Kier molecular flexibility index (Phi) is 57.6. The smallest absolute Gasteiger partial charge is 0.0982 e. The Labute approximate surface area is 791 Å². The maximum atomic E-state index is 7.54. The van der Waals surface area contributed by atoms with E-state index < -0.39 is 0 Å². The molecule has 18 rings (SSSR count). The zero-order valence-electron chi connectivity index (χ0n) is 78.4. The van der Waals surface area contributed by atoms with E-state index in [1.807, 2.05) is 35.8 Å². The van der Waals surface area contributed by atoms with Crippen LogP contribution >= 0.6 is 47.5 Å². The molecule has 18 aliphatic rings. The number of nitrogens with one attached hydrogen (secondary N) is 6. The monoisotopic (exact) mass is 2320 g/mol. The molecule has 24 heteroatoms. The van der Waals surface area contributed by atoms with Gasteiger partial charge in [-0.25, -0.2) is 18.5 Å². The fourth-order valence-electron chi connectivity index (χ4n) is 25.0. The Bertz CT molecular complexity index is 2130. The summed E-state index contributed by atoms with van der Waals surface area (Å²) in [6.07, 6.45) is 98.0. The van der Waals surface area contributed by atoms with Crippen LogP contribution in [0.2, 0.25) is 0 Å². The minimum atomic E-state index is -0.387. The van der Waals surface area contributed by atoms with Gasteiger partial charge in [-0.2, -0.15) is 0 Å². The van der Waals surface area contributed by atoms with Gasteiger partial charge < -0.3 is 63.8 Å². The third-order valence-electron chi connectivity index (χ3n) is 33.3. The van der Waals surface area contributed by atoms with Crippen LogP contribution in [0.5, 0.6) is 0 Å². The number of hydrogen-bond acceptors (Lipinski definition) is 9. The summed E-state index contributed by atoms with van der Waals surface area (Å²) in [5.74, 6) is 0. The first-order chi connectivity index (χ1) is 57.1. The summed E-state index contributed by atoms with van der Waals surface area (Å²) >= 11 is 0. The maximum Gasteiger partial charge on any atom is 0.0982 e. The van der Waals surface area contributed by atoms with Gasteiger partial charge in [-0.1, -0.05) is 97.1 Å². The topological polar surface area (TPSA) is 197 Å². The van der Waals surface area contributed by atoms with Crippen molar-refractivity contribution in [2.24, 2.45) is 15.0 Å². The van der Waals surface area contributed by atoms with Gasteiger partial charge in [0.25, 0.3) is 0 Å². The molecule has 6 aliphatic heterocycles. The third kappa shape index (κ3) is 37.2. The summed E-state index contributed by atoms with van der Waals surface area (Å²) in [6, 6.07) is -0.0174. The van der Waals surface area contributed by atoms with Crippen LogP contribution in [0.15, 0.2) is 15.0 Å². The van der Waals surface area contributed by atoms with Crippen molar-refractivity contribution in [2.45, 2.75) is 508 Å². The van der Waals surface area contributed by atoms with E-state index in [4.69, 9.17) is 17.2 Å². The van der Waals surface area contributed by atoms with Crippen molar-refractivity contribution in [1.29, 1.82) is 0 Å². The second-order valence-electron chi connectivity index (χ2n) is 41.0. The predicted molar refractivity (Wildman–Crippen MR) is 538 cm³/mol. The Morgan fingerprint density at radius 3 is 0.450 bits per heavy atom. The van der Waals surface area contributed by atoms with E-state index in [0.717, 1.165) is 0 Å². The summed E-state index contributed by atoms with van der Waals surface area (Å²) < 4.78 is 0. The van der Waals surface area contributed by atoms with Gasteiger partial charge in [-0.05, 0) is 308 Å². The van der Waals surface area contributed by atoms with E-state index in [-0.39, 0.29) is 166 Å². The first-order valence-electron chi connectivity index (χ1n) is 51.2. The molecule has 0 bridgehead atoms. The first kappa shape index (κ1) is 110. The van der Waals surface area contributed by atoms with E-state index >= 15 is 0 Å². The molecule has 0 aromatic rings. The normalized spacial score (nSPS) is 30.6. The molecule has 12 saturated carbocycles. The van der Waals surface area contributed by atoms with Crippen LogP contribution in [0.25, 0.3) is 33.2 Å². The van der Waals surface area contributed by atoms with Crippen molar-refractivity contribution in [2.75, 3.05) is 81.1 Å². The van der Waals surface area contributed by atoms with Gasteiger partial charge in [0.05, 0.1) is 124 Å². The van der Waals surface area contributed by atoms with Crippen LogP contribution < -0.4 is 16.0 Å². The molecule has 6 N–H and O–H groups in total. The fourth-order valence-corrected chi connectivity index (χ4v) is 44.9. The van der Waals surface area contributed by atoms with Gasteiger partial charge >= 0.3 is 0 Å². The predicted octanol–water partition coefficient (Wildman–Crippen LogP) is 26.9. The molecule has 3 saturated heterocycles. The molecular weight excluding hydrogens is 2130 g/mol. The van der Waals surface area contributed by atoms with E-state index in [0.29, 0.717) is 20.0 Å². The van der Waals surface area contributed by atoms with Crippen molar-refractivity contribution in [1.82, 2.24) is 30.7 Å². The average Bonchev–Trinajstić information content (AvgIpc) is 1.67. The number of hydrogen-bond donors (Lipinski definition) is 3. The second kappa shape index (κ2) is 63.0. The minimum Gasteiger partial charge on any atom is -0.691 e. The molecular formula is C96H189N15P6Pt3. The van der Waals surface area contributed by atoms with E-state index in [1.165, 1.54) is 145 Å². The van der Waals surface area contributed by atoms with Crippen molar-refractivity contribution < 1.29 is 63.2 Å². The number of rotatable bonds is 12. The molecule has 6 heterocycles. The van der Waals surface area contributed by atoms with Gasteiger partial charge in [-0.15, -0.1) is 0 Å². The molecule has 15 nitrogen and oxygen atoms in total. The molecule has 15 fully saturated rings. The third-order valence-corrected chi connectivity index (χ3v) is 55.7. The van der Waals surface area contributed by atoms with Gasteiger partial charge in [0, 0.05) is 172 Å². The van der Waals surface area contributed by atoms with Crippen LogP contribution in [0.4, 0.5) is 0 Å². The number of likely N-dealkylation sites (N-methyl/N-ethyl adjacent to an activating group) is 3. The molecule has 9 atom stereocenters. The summed E-state index contributed by atoms with van der Waals surface area (Å²) in [6.45, 7) is 17.6. The molecule has 0 amide bonds. The maximum absolute atomic E-state index is 7.54. The van der Waals surface area contributed by atoms with E-state index in [9.17, 15) is 0 Å². The SMILES string of the molecule is CN1C=NC2C([NH-])[N-]CNC21.CN1C=NC2C([NH-])[N-]CNC21.CN1C=NC2C([NH-])[N-]CNC21.C[PH+](C1CCCCC1)C1CCCCC1.C[PH+](C1CCCCC1)C1CCCCC1.C[PH+](C1CCCCC1)C1CCCCC1.C[PH+](C1CCCCC1)C1CCCCC1.C[PH+](C1CCCCC1)C1CCCCC1.C[PH+](C1CCCCC1)C1CCCCC1.[Pt].[Pt].[Pt]. The summed E-state index contributed by atoms with van der Waals surface area (Å²) in [5, 5.41) is 21.6. The van der Waals surface area contributed by atoms with Crippen LogP contribution in [0, 0.1) is 0 Å². The molecule has 0 aromatic heterocycles. The van der Waals surface area contributed by atoms with Crippen molar-refractivity contribution in [3.05, 3.63) is 33.2 Å². The Morgan fingerprint density at radius 1 is 0.225 bits per heavy atom. The second-order valence-corrected chi connectivity index (χ2v) is 59.8. The largest absolute Gasteiger partial charge is 0.691 e. The van der Waals surface area contributed by atoms with Crippen LogP contribution in [-0.2, 0) is 63.2 Å². The number of nitrogens with zero attached hydrogens (tertiary/aromatic N) is 9. The standard InChI is InChI=1S/6C13H25P.3C6H11N5.3Pt/c6*1-14(12-8-4-2-5-9-12)13-10-6-3-7-11-13;3*1-11-3-10-4-5(7)8-2-9-6(4)11;;;/h6*12-13H,2-11H2,1H3;3*3-7,9H,2H2,1H3;;;/q;;;;;;3*-2;;;/p+6. The van der Waals surface area contributed by atoms with Crippen LogP contribution in [0.1, 0.15) is 385 Å². The van der Waals surface area contributed by atoms with E-state index in [1.54, 1.807) is 327 Å². The summed E-state index contributed by atoms with van der Waals surface area (Å²) in [4.78, 5) is 18.5. The fraction of sp³-hybridized carbons (Fsp3) is 0.969. The van der Waals surface area contributed by atoms with E-state index in [2.05, 4.69) is 86.9 Å². The first-order valence-corrected chi connectivity index (χ1v) is 64.1. The molecule has 0 aromatic carbocycles. The number of aliphatic imine (C=N–C) groups is 3. The molecule has 0 radical (unpaired) electrons. The Morgan fingerprint density at radius 2 is 0.342 bits per heavy atom. The molecule has 708 valence electrons. The Hall–Kier alpha value is 2.69. The summed E-state index contributed by atoms with van der Waals surface area (Å²) in [5.41, 5.74) is 36.9. The Balaban J connectivity index is 0.000000186. The van der Waals surface area contributed by atoms with Gasteiger partial charge in [0.15, 0.2) is 0 Å². The zero-order valence-corrected chi connectivity index (χ0v) is 91.2. The van der Waals surface area contributed by atoms with Crippen LogP contribution in [-0.4, -0.2) is 238 Å². The van der Waals surface area contributed by atoms with Gasteiger partial charge in [0.2, 0.25) is 0 Å². The molecule has 9 unspecified atom stereocenters. The van der Waals surface area contributed by atoms with Crippen molar-refractivity contribution in [3.63, 3.8) is 0 Å². The number of fused-ring (bicyclic) bond motifs is 3. The molecule has 0 spiro atoms. The quantitative estimate of drug-likeness (QED) is 0.163.